The van der Waals surface area contributed by atoms with Crippen LogP contribution in [0.3, 0.4) is 0 Å². The largest absolute Gasteiger partial charge is 0.489 e. The zero-order valence-electron chi connectivity index (χ0n) is 14.6. The number of aryl methyl sites for hydroxylation is 1. The quantitative estimate of drug-likeness (QED) is 0.641. The topological polar surface area (TPSA) is 76.4 Å². The molecule has 0 fully saturated rings. The molecule has 0 saturated carbocycles. The lowest BCUT2D eigenvalue weighted by Crippen LogP contribution is -2.16. The summed E-state index contributed by atoms with van der Waals surface area (Å²) in [5, 5.41) is 9.71. The zero-order valence-corrected chi connectivity index (χ0v) is 14.6. The number of hydrogen-bond acceptors (Lipinski definition) is 5. The van der Waals surface area contributed by atoms with Gasteiger partial charge < -0.3 is 19.9 Å². The third-order valence-electron chi connectivity index (χ3n) is 3.67. The Morgan fingerprint density at radius 1 is 1.12 bits per heavy atom. The Kier molecular flexibility index (Phi) is 5.88. The second-order valence-electron chi connectivity index (χ2n) is 5.85. The minimum atomic E-state index is -0.0735. The molecule has 0 radical (unpaired) electrons. The van der Waals surface area contributed by atoms with Crippen LogP contribution in [0.5, 0.6) is 5.75 Å². The van der Waals surface area contributed by atoms with Gasteiger partial charge in [-0.05, 0) is 36.8 Å². The van der Waals surface area contributed by atoms with Crippen LogP contribution in [-0.2, 0) is 11.4 Å². The number of aromatic nitrogens is 1. The van der Waals surface area contributed by atoms with E-state index in [1.54, 1.807) is 6.07 Å². The highest BCUT2D eigenvalue weighted by atomic mass is 16.5. The second-order valence-corrected chi connectivity index (χ2v) is 5.85. The van der Waals surface area contributed by atoms with Gasteiger partial charge in [-0.3, -0.25) is 4.79 Å². The van der Waals surface area contributed by atoms with Gasteiger partial charge in [0.25, 0.3) is 0 Å². The number of nitrogens with zero attached hydrogens (tertiary/aromatic N) is 1. The minimum absolute atomic E-state index is 0.0735. The molecule has 6 nitrogen and oxygen atoms in total. The van der Waals surface area contributed by atoms with E-state index in [1.165, 1.54) is 0 Å². The van der Waals surface area contributed by atoms with Crippen molar-refractivity contribution < 1.29 is 14.1 Å². The van der Waals surface area contributed by atoms with Crippen LogP contribution in [0.25, 0.3) is 0 Å². The molecule has 0 saturated heterocycles. The number of hydrogen-bond donors (Lipinski definition) is 2. The van der Waals surface area contributed by atoms with E-state index < -0.39 is 0 Å². The van der Waals surface area contributed by atoms with Crippen molar-refractivity contribution in [3.8, 4) is 5.75 Å². The normalized spacial score (nSPS) is 10.3. The highest BCUT2D eigenvalue weighted by molar-refractivity contribution is 5.91. The number of nitrogens with one attached hydrogen (secondary N) is 2. The molecule has 0 aliphatic rings. The van der Waals surface area contributed by atoms with Gasteiger partial charge in [0.15, 0.2) is 5.82 Å². The van der Waals surface area contributed by atoms with Gasteiger partial charge in [0, 0.05) is 24.7 Å². The maximum atomic E-state index is 12.0. The zero-order chi connectivity index (χ0) is 18.2. The van der Waals surface area contributed by atoms with Crippen molar-refractivity contribution in [3.05, 3.63) is 72.0 Å². The monoisotopic (exact) mass is 351 g/mol. The number of carbonyl (C=O) groups is 1. The van der Waals surface area contributed by atoms with E-state index in [1.807, 2.05) is 61.5 Å². The van der Waals surface area contributed by atoms with Crippen LogP contribution >= 0.6 is 0 Å². The van der Waals surface area contributed by atoms with Crippen LogP contribution in [0.4, 0.5) is 11.5 Å². The fourth-order valence-corrected chi connectivity index (χ4v) is 2.35. The summed E-state index contributed by atoms with van der Waals surface area (Å²) in [4.78, 5) is 12.0. The Morgan fingerprint density at radius 2 is 1.88 bits per heavy atom. The fraction of sp³-hybridized carbons (Fsp3) is 0.200. The van der Waals surface area contributed by atoms with Crippen LogP contribution in [0.2, 0.25) is 0 Å². The summed E-state index contributed by atoms with van der Waals surface area (Å²) >= 11 is 0. The summed E-state index contributed by atoms with van der Waals surface area (Å²) in [6, 6.07) is 19.1. The molecule has 26 heavy (non-hydrogen) atoms. The van der Waals surface area contributed by atoms with Crippen molar-refractivity contribution in [2.24, 2.45) is 0 Å². The van der Waals surface area contributed by atoms with Crippen LogP contribution in [0, 0.1) is 6.92 Å². The van der Waals surface area contributed by atoms with Gasteiger partial charge in [0.2, 0.25) is 5.91 Å². The van der Waals surface area contributed by atoms with E-state index in [0.717, 1.165) is 22.8 Å². The number of carbonyl (C=O) groups excluding carboxylic acids is 1. The van der Waals surface area contributed by atoms with Gasteiger partial charge in [-0.2, -0.15) is 0 Å². The molecule has 6 heteroatoms. The van der Waals surface area contributed by atoms with Gasteiger partial charge >= 0.3 is 0 Å². The Morgan fingerprint density at radius 3 is 2.58 bits per heavy atom. The number of anilines is 2. The smallest absolute Gasteiger partial charge is 0.226 e. The van der Waals surface area contributed by atoms with Gasteiger partial charge in [0.1, 0.15) is 18.1 Å². The average molecular weight is 351 g/mol. The first-order chi connectivity index (χ1) is 12.7. The summed E-state index contributed by atoms with van der Waals surface area (Å²) in [5.41, 5.74) is 1.85. The minimum Gasteiger partial charge on any atom is -0.489 e. The van der Waals surface area contributed by atoms with E-state index in [2.05, 4.69) is 15.8 Å². The van der Waals surface area contributed by atoms with Gasteiger partial charge in [-0.1, -0.05) is 35.5 Å². The second kappa shape index (κ2) is 8.71. The van der Waals surface area contributed by atoms with Crippen LogP contribution < -0.4 is 15.4 Å². The third kappa shape index (κ3) is 5.37. The van der Waals surface area contributed by atoms with Crippen molar-refractivity contribution >= 4 is 17.4 Å². The molecule has 1 amide bonds. The maximum absolute atomic E-state index is 12.0. The highest BCUT2D eigenvalue weighted by Crippen LogP contribution is 2.17. The molecular formula is C20H21N3O3. The first kappa shape index (κ1) is 17.5. The molecule has 0 unspecified atom stereocenters. The molecule has 0 aliphatic heterocycles. The van der Waals surface area contributed by atoms with E-state index in [0.29, 0.717) is 25.4 Å². The van der Waals surface area contributed by atoms with Crippen LogP contribution in [-0.4, -0.2) is 17.6 Å². The lowest BCUT2D eigenvalue weighted by Gasteiger charge is -2.09. The number of benzene rings is 2. The predicted molar refractivity (Wildman–Crippen MR) is 100 cm³/mol. The molecular weight excluding hydrogens is 330 g/mol. The molecule has 3 rings (SSSR count). The summed E-state index contributed by atoms with van der Waals surface area (Å²) in [5.74, 6) is 2.05. The Labute approximate surface area is 152 Å². The number of rotatable bonds is 8. The Balaban J connectivity index is 1.41. The molecule has 2 aromatic carbocycles. The molecule has 1 heterocycles. The number of ether oxygens (including phenoxy) is 1. The van der Waals surface area contributed by atoms with E-state index >= 15 is 0 Å². The summed E-state index contributed by atoms with van der Waals surface area (Å²) in [7, 11) is 0. The molecule has 2 N–H and O–H groups in total. The lowest BCUT2D eigenvalue weighted by atomic mass is 10.2. The van der Waals surface area contributed by atoms with Crippen molar-refractivity contribution in [2.75, 3.05) is 17.2 Å². The van der Waals surface area contributed by atoms with Gasteiger partial charge in [-0.25, -0.2) is 0 Å². The fourth-order valence-electron chi connectivity index (χ4n) is 2.35. The molecule has 3 aromatic rings. The van der Waals surface area contributed by atoms with E-state index in [-0.39, 0.29) is 5.91 Å². The first-order valence-corrected chi connectivity index (χ1v) is 8.43. The van der Waals surface area contributed by atoms with Crippen molar-refractivity contribution in [1.82, 2.24) is 5.16 Å². The average Bonchev–Trinajstić information content (AvgIpc) is 3.07. The van der Waals surface area contributed by atoms with Gasteiger partial charge in [-0.15, -0.1) is 0 Å². The Hall–Kier alpha value is -3.28. The summed E-state index contributed by atoms with van der Waals surface area (Å²) in [6.07, 6.45) is 0.332. The SMILES string of the molecule is Cc1cc(NCCC(=O)Nc2ccc(OCc3ccccc3)cc2)no1. The van der Waals surface area contributed by atoms with E-state index in [9.17, 15) is 4.79 Å². The maximum Gasteiger partial charge on any atom is 0.226 e. The van der Waals surface area contributed by atoms with Gasteiger partial charge in [0.05, 0.1) is 0 Å². The molecule has 1 aromatic heterocycles. The molecule has 0 atom stereocenters. The van der Waals surface area contributed by atoms with E-state index in [4.69, 9.17) is 9.26 Å². The van der Waals surface area contributed by atoms with Crippen molar-refractivity contribution in [3.63, 3.8) is 0 Å². The van der Waals surface area contributed by atoms with Crippen molar-refractivity contribution in [1.29, 1.82) is 0 Å². The molecule has 0 spiro atoms. The third-order valence-corrected chi connectivity index (χ3v) is 3.67. The molecule has 0 bridgehead atoms. The predicted octanol–water partition coefficient (Wildman–Crippen LogP) is 4.00. The van der Waals surface area contributed by atoms with Crippen LogP contribution in [0.15, 0.2) is 65.2 Å². The summed E-state index contributed by atoms with van der Waals surface area (Å²) in [6.45, 7) is 2.81. The lowest BCUT2D eigenvalue weighted by molar-refractivity contribution is -0.115. The summed E-state index contributed by atoms with van der Waals surface area (Å²) < 4.78 is 10.7. The Bertz CT molecular complexity index is 829. The number of amides is 1. The highest BCUT2D eigenvalue weighted by Gasteiger charge is 2.04. The molecule has 134 valence electrons. The molecule has 0 aliphatic carbocycles. The van der Waals surface area contributed by atoms with Crippen molar-refractivity contribution in [2.45, 2.75) is 20.0 Å². The standard InChI is InChI=1S/C20H21N3O3/c1-15-13-19(23-26-15)21-12-11-20(24)22-17-7-9-18(10-8-17)25-14-16-5-3-2-4-6-16/h2-10,13H,11-12,14H2,1H3,(H,21,23)(H,22,24). The first-order valence-electron chi connectivity index (χ1n) is 8.43. The van der Waals surface area contributed by atoms with Crippen LogP contribution in [0.1, 0.15) is 17.7 Å².